The molecule has 1 aromatic carbocycles. The van der Waals surface area contributed by atoms with Crippen LogP contribution in [0.2, 0.25) is 0 Å². The number of pyridine rings is 1. The maximum atomic E-state index is 4.67. The molecule has 112 valence electrons. The average Bonchev–Trinajstić information content (AvgIpc) is 2.46. The molecule has 0 saturated carbocycles. The van der Waals surface area contributed by atoms with Crippen LogP contribution in [0.1, 0.15) is 41.8 Å². The van der Waals surface area contributed by atoms with Gasteiger partial charge in [-0.2, -0.15) is 0 Å². The summed E-state index contributed by atoms with van der Waals surface area (Å²) in [6.07, 6.45) is 4.05. The number of halogens is 1. The van der Waals surface area contributed by atoms with Crippen LogP contribution < -0.4 is 5.32 Å². The molecule has 1 N–H and O–H groups in total. The SMILES string of the molecule is CCCNC(Cc1ccc(Br)cc1)c1ncc(C)cc1C. The van der Waals surface area contributed by atoms with E-state index < -0.39 is 0 Å². The summed E-state index contributed by atoms with van der Waals surface area (Å²) >= 11 is 3.49. The summed E-state index contributed by atoms with van der Waals surface area (Å²) in [6.45, 7) is 7.44. The van der Waals surface area contributed by atoms with E-state index in [9.17, 15) is 0 Å². The fourth-order valence-corrected chi connectivity index (χ4v) is 2.80. The number of aromatic nitrogens is 1. The van der Waals surface area contributed by atoms with E-state index in [0.29, 0.717) is 0 Å². The first kappa shape index (κ1) is 16.2. The zero-order valence-corrected chi connectivity index (χ0v) is 14.6. The van der Waals surface area contributed by atoms with Crippen molar-refractivity contribution in [2.24, 2.45) is 0 Å². The Kier molecular flexibility index (Phi) is 5.95. The predicted molar refractivity (Wildman–Crippen MR) is 92.6 cm³/mol. The van der Waals surface area contributed by atoms with E-state index in [1.807, 2.05) is 6.20 Å². The van der Waals surface area contributed by atoms with Gasteiger partial charge in [0.15, 0.2) is 0 Å². The third-order valence-electron chi connectivity index (χ3n) is 3.58. The summed E-state index contributed by atoms with van der Waals surface area (Å²) in [4.78, 5) is 4.67. The third kappa shape index (κ3) is 4.65. The van der Waals surface area contributed by atoms with Crippen LogP contribution in [0.5, 0.6) is 0 Å². The Balaban J connectivity index is 2.22. The van der Waals surface area contributed by atoms with Gasteiger partial charge in [-0.15, -0.1) is 0 Å². The molecule has 21 heavy (non-hydrogen) atoms. The second-order valence-corrected chi connectivity index (χ2v) is 6.47. The fraction of sp³-hybridized carbons (Fsp3) is 0.389. The number of aryl methyl sites for hydroxylation is 2. The van der Waals surface area contributed by atoms with Crippen LogP contribution in [0.3, 0.4) is 0 Å². The average molecular weight is 347 g/mol. The lowest BCUT2D eigenvalue weighted by Gasteiger charge is -2.20. The topological polar surface area (TPSA) is 24.9 Å². The molecular weight excluding hydrogens is 324 g/mol. The lowest BCUT2D eigenvalue weighted by molar-refractivity contribution is 0.515. The zero-order chi connectivity index (χ0) is 15.2. The molecule has 1 heterocycles. The predicted octanol–water partition coefficient (Wildman–Crippen LogP) is 4.74. The Morgan fingerprint density at radius 3 is 2.52 bits per heavy atom. The van der Waals surface area contributed by atoms with Crippen LogP contribution in [0, 0.1) is 13.8 Å². The van der Waals surface area contributed by atoms with Gasteiger partial charge in [0.2, 0.25) is 0 Å². The first-order valence-corrected chi connectivity index (χ1v) is 8.30. The van der Waals surface area contributed by atoms with E-state index in [2.05, 4.69) is 77.3 Å². The molecule has 0 fully saturated rings. The number of nitrogens with zero attached hydrogens (tertiary/aromatic N) is 1. The monoisotopic (exact) mass is 346 g/mol. The van der Waals surface area contributed by atoms with Crippen LogP contribution in [0.15, 0.2) is 41.0 Å². The molecular formula is C18H23BrN2. The highest BCUT2D eigenvalue weighted by Crippen LogP contribution is 2.21. The molecule has 3 heteroatoms. The molecule has 2 aromatic rings. The van der Waals surface area contributed by atoms with Gasteiger partial charge in [-0.1, -0.05) is 41.1 Å². The normalized spacial score (nSPS) is 12.4. The molecule has 0 aliphatic heterocycles. The second-order valence-electron chi connectivity index (χ2n) is 5.55. The van der Waals surface area contributed by atoms with Gasteiger partial charge in [-0.25, -0.2) is 0 Å². The Morgan fingerprint density at radius 1 is 1.19 bits per heavy atom. The molecule has 0 radical (unpaired) electrons. The van der Waals surface area contributed by atoms with Gasteiger partial charge in [-0.05, 0) is 62.1 Å². The van der Waals surface area contributed by atoms with Gasteiger partial charge in [0.25, 0.3) is 0 Å². The minimum atomic E-state index is 0.270. The molecule has 1 atom stereocenters. The van der Waals surface area contributed by atoms with Crippen molar-refractivity contribution in [3.63, 3.8) is 0 Å². The van der Waals surface area contributed by atoms with E-state index in [0.717, 1.165) is 29.6 Å². The third-order valence-corrected chi connectivity index (χ3v) is 4.11. The molecule has 0 aliphatic carbocycles. The van der Waals surface area contributed by atoms with Crippen LogP contribution in [-0.2, 0) is 6.42 Å². The van der Waals surface area contributed by atoms with E-state index in [4.69, 9.17) is 0 Å². The second kappa shape index (κ2) is 7.71. The molecule has 0 aliphatic rings. The summed E-state index contributed by atoms with van der Waals surface area (Å²) in [6, 6.07) is 11.0. The van der Waals surface area contributed by atoms with Crippen LogP contribution in [0.25, 0.3) is 0 Å². The van der Waals surface area contributed by atoms with Crippen LogP contribution >= 0.6 is 15.9 Å². The fourth-order valence-electron chi connectivity index (χ4n) is 2.53. The molecule has 1 unspecified atom stereocenters. The van der Waals surface area contributed by atoms with E-state index >= 15 is 0 Å². The lowest BCUT2D eigenvalue weighted by Crippen LogP contribution is -2.25. The highest BCUT2D eigenvalue weighted by atomic mass is 79.9. The minimum absolute atomic E-state index is 0.270. The number of hydrogen-bond donors (Lipinski definition) is 1. The van der Waals surface area contributed by atoms with Gasteiger partial charge < -0.3 is 5.32 Å². The molecule has 2 rings (SSSR count). The number of rotatable bonds is 6. The van der Waals surface area contributed by atoms with Crippen molar-refractivity contribution >= 4 is 15.9 Å². The van der Waals surface area contributed by atoms with Crippen molar-refractivity contribution in [3.05, 3.63) is 63.4 Å². The zero-order valence-electron chi connectivity index (χ0n) is 13.0. The van der Waals surface area contributed by atoms with Crippen molar-refractivity contribution in [2.45, 2.75) is 39.7 Å². The Morgan fingerprint density at radius 2 is 1.90 bits per heavy atom. The van der Waals surface area contributed by atoms with E-state index in [1.54, 1.807) is 0 Å². The van der Waals surface area contributed by atoms with Crippen molar-refractivity contribution in [1.29, 1.82) is 0 Å². The van der Waals surface area contributed by atoms with Gasteiger partial charge >= 0.3 is 0 Å². The lowest BCUT2D eigenvalue weighted by atomic mass is 9.99. The summed E-state index contributed by atoms with van der Waals surface area (Å²) in [7, 11) is 0. The quantitative estimate of drug-likeness (QED) is 0.816. The molecule has 0 spiro atoms. The molecule has 2 nitrogen and oxygen atoms in total. The maximum Gasteiger partial charge on any atom is 0.0605 e. The van der Waals surface area contributed by atoms with Gasteiger partial charge in [-0.3, -0.25) is 4.98 Å². The summed E-state index contributed by atoms with van der Waals surface area (Å²) in [5.41, 5.74) is 4.97. The van der Waals surface area contributed by atoms with Gasteiger partial charge in [0, 0.05) is 10.7 Å². The van der Waals surface area contributed by atoms with Crippen LogP contribution in [0.4, 0.5) is 0 Å². The molecule has 0 amide bonds. The van der Waals surface area contributed by atoms with Gasteiger partial charge in [0.05, 0.1) is 11.7 Å². The Labute approximate surface area is 136 Å². The Hall–Kier alpha value is -1.19. The van der Waals surface area contributed by atoms with Crippen molar-refractivity contribution < 1.29 is 0 Å². The summed E-state index contributed by atoms with van der Waals surface area (Å²) in [5.74, 6) is 0. The molecule has 0 saturated heterocycles. The number of hydrogen-bond acceptors (Lipinski definition) is 2. The standard InChI is InChI=1S/C18H23BrN2/c1-4-9-20-17(11-15-5-7-16(19)8-6-15)18-14(3)10-13(2)12-21-18/h5-8,10,12,17,20H,4,9,11H2,1-3H3. The van der Waals surface area contributed by atoms with E-state index in [-0.39, 0.29) is 6.04 Å². The minimum Gasteiger partial charge on any atom is -0.308 e. The van der Waals surface area contributed by atoms with Gasteiger partial charge in [0.1, 0.15) is 0 Å². The molecule has 0 bridgehead atoms. The highest BCUT2D eigenvalue weighted by Gasteiger charge is 2.15. The number of nitrogens with one attached hydrogen (secondary N) is 1. The van der Waals surface area contributed by atoms with Crippen molar-refractivity contribution in [1.82, 2.24) is 10.3 Å². The Bertz CT molecular complexity index is 578. The van der Waals surface area contributed by atoms with Crippen LogP contribution in [-0.4, -0.2) is 11.5 Å². The van der Waals surface area contributed by atoms with E-state index in [1.165, 1.54) is 16.7 Å². The van der Waals surface area contributed by atoms with Crippen molar-refractivity contribution in [3.8, 4) is 0 Å². The summed E-state index contributed by atoms with van der Waals surface area (Å²) < 4.78 is 1.12. The summed E-state index contributed by atoms with van der Waals surface area (Å²) in [5, 5.41) is 3.63. The largest absolute Gasteiger partial charge is 0.308 e. The maximum absolute atomic E-state index is 4.67. The smallest absolute Gasteiger partial charge is 0.0605 e. The highest BCUT2D eigenvalue weighted by molar-refractivity contribution is 9.10. The first-order valence-electron chi connectivity index (χ1n) is 7.51. The molecule has 1 aromatic heterocycles. The number of benzene rings is 1. The van der Waals surface area contributed by atoms with Crippen molar-refractivity contribution in [2.75, 3.05) is 6.54 Å². The first-order chi connectivity index (χ1) is 10.1.